The van der Waals surface area contributed by atoms with Crippen LogP contribution in [0.1, 0.15) is 18.9 Å². The molecule has 0 aliphatic heterocycles. The zero-order valence-electron chi connectivity index (χ0n) is 11.6. The number of aliphatic imine (C=N–C) groups is 1. The molecule has 2 unspecified atom stereocenters. The Morgan fingerprint density at radius 2 is 2.21 bits per heavy atom. The van der Waals surface area contributed by atoms with Crippen LogP contribution in [0, 0.1) is 5.92 Å². The highest BCUT2D eigenvalue weighted by Gasteiger charge is 2.33. The average molecular weight is 375 g/mol. The van der Waals surface area contributed by atoms with Crippen molar-refractivity contribution in [1.29, 1.82) is 0 Å². The van der Waals surface area contributed by atoms with Crippen LogP contribution < -0.4 is 15.4 Å². The molecule has 0 heterocycles. The Hall–Kier alpha value is -0.980. The van der Waals surface area contributed by atoms with Crippen molar-refractivity contribution in [3.63, 3.8) is 0 Å². The van der Waals surface area contributed by atoms with Gasteiger partial charge in [-0.15, -0.1) is 24.0 Å². The Labute approximate surface area is 132 Å². The zero-order chi connectivity index (χ0) is 13.0. The molecule has 19 heavy (non-hydrogen) atoms. The largest absolute Gasteiger partial charge is 0.497 e. The standard InChI is InChI=1S/C14H21N3O.HI/c1-10-7-13(10)17-14(15-2)16-9-11-5-4-6-12(8-11)18-3;/h4-6,8,10,13H,7,9H2,1-3H3,(H2,15,16,17);1H. The van der Waals surface area contributed by atoms with Crippen molar-refractivity contribution in [2.24, 2.45) is 10.9 Å². The number of hydrogen-bond donors (Lipinski definition) is 2. The molecule has 0 saturated heterocycles. The van der Waals surface area contributed by atoms with Crippen molar-refractivity contribution in [2.75, 3.05) is 14.2 Å². The molecule has 2 atom stereocenters. The van der Waals surface area contributed by atoms with Crippen LogP contribution in [0.15, 0.2) is 29.3 Å². The van der Waals surface area contributed by atoms with E-state index in [0.29, 0.717) is 6.04 Å². The Balaban J connectivity index is 0.00000180. The maximum absolute atomic E-state index is 5.20. The van der Waals surface area contributed by atoms with Crippen molar-refractivity contribution >= 4 is 29.9 Å². The summed E-state index contributed by atoms with van der Waals surface area (Å²) >= 11 is 0. The van der Waals surface area contributed by atoms with Crippen molar-refractivity contribution in [3.05, 3.63) is 29.8 Å². The van der Waals surface area contributed by atoms with E-state index in [2.05, 4.69) is 28.6 Å². The number of nitrogens with one attached hydrogen (secondary N) is 2. The highest BCUT2D eigenvalue weighted by Crippen LogP contribution is 2.28. The number of methoxy groups -OCH3 is 1. The van der Waals surface area contributed by atoms with E-state index in [9.17, 15) is 0 Å². The molecule has 2 N–H and O–H groups in total. The summed E-state index contributed by atoms with van der Waals surface area (Å²) in [5, 5.41) is 6.71. The van der Waals surface area contributed by atoms with E-state index in [-0.39, 0.29) is 24.0 Å². The van der Waals surface area contributed by atoms with E-state index in [1.165, 1.54) is 12.0 Å². The van der Waals surface area contributed by atoms with E-state index in [1.54, 1.807) is 14.2 Å². The molecule has 1 fully saturated rings. The third-order valence-corrected chi connectivity index (χ3v) is 3.25. The lowest BCUT2D eigenvalue weighted by Gasteiger charge is -2.12. The number of nitrogens with zero attached hydrogens (tertiary/aromatic N) is 1. The van der Waals surface area contributed by atoms with Crippen LogP contribution in [0.3, 0.4) is 0 Å². The van der Waals surface area contributed by atoms with Crippen LogP contribution in [-0.2, 0) is 6.54 Å². The number of guanidine groups is 1. The predicted molar refractivity (Wildman–Crippen MR) is 89.3 cm³/mol. The molecule has 1 saturated carbocycles. The minimum atomic E-state index is 0. The monoisotopic (exact) mass is 375 g/mol. The zero-order valence-corrected chi connectivity index (χ0v) is 14.0. The molecule has 0 aromatic heterocycles. The molecular formula is C14H22IN3O. The molecule has 2 rings (SSSR count). The van der Waals surface area contributed by atoms with Gasteiger partial charge in [-0.1, -0.05) is 19.1 Å². The highest BCUT2D eigenvalue weighted by atomic mass is 127. The SMILES string of the molecule is CN=C(NCc1cccc(OC)c1)NC1CC1C.I. The molecule has 1 aromatic rings. The van der Waals surface area contributed by atoms with Gasteiger partial charge in [0, 0.05) is 19.6 Å². The van der Waals surface area contributed by atoms with E-state index in [0.717, 1.165) is 24.2 Å². The molecule has 4 nitrogen and oxygen atoms in total. The van der Waals surface area contributed by atoms with E-state index in [4.69, 9.17) is 4.74 Å². The van der Waals surface area contributed by atoms with Gasteiger partial charge >= 0.3 is 0 Å². The fourth-order valence-electron chi connectivity index (χ4n) is 1.86. The first-order chi connectivity index (χ1) is 8.72. The van der Waals surface area contributed by atoms with E-state index < -0.39 is 0 Å². The minimum absolute atomic E-state index is 0. The van der Waals surface area contributed by atoms with Crippen LogP contribution >= 0.6 is 24.0 Å². The predicted octanol–water partition coefficient (Wildman–Crippen LogP) is 2.39. The first kappa shape index (κ1) is 16.1. The van der Waals surface area contributed by atoms with Crippen LogP contribution in [0.4, 0.5) is 0 Å². The second-order valence-corrected chi connectivity index (χ2v) is 4.74. The molecular weight excluding hydrogens is 353 g/mol. The maximum Gasteiger partial charge on any atom is 0.191 e. The number of halogens is 1. The molecule has 1 aromatic carbocycles. The molecule has 0 bridgehead atoms. The lowest BCUT2D eigenvalue weighted by Crippen LogP contribution is -2.38. The first-order valence-electron chi connectivity index (χ1n) is 6.33. The lowest BCUT2D eigenvalue weighted by atomic mass is 10.2. The van der Waals surface area contributed by atoms with E-state index in [1.807, 2.05) is 18.2 Å². The molecule has 5 heteroatoms. The Bertz CT molecular complexity index is 436. The molecule has 0 amide bonds. The minimum Gasteiger partial charge on any atom is -0.497 e. The summed E-state index contributed by atoms with van der Waals surface area (Å²) in [5.74, 6) is 2.51. The smallest absolute Gasteiger partial charge is 0.191 e. The summed E-state index contributed by atoms with van der Waals surface area (Å²) < 4.78 is 5.20. The second-order valence-electron chi connectivity index (χ2n) is 4.74. The van der Waals surface area contributed by atoms with Crippen molar-refractivity contribution in [1.82, 2.24) is 10.6 Å². The third-order valence-electron chi connectivity index (χ3n) is 3.25. The topological polar surface area (TPSA) is 45.7 Å². The van der Waals surface area contributed by atoms with Crippen LogP contribution in [0.25, 0.3) is 0 Å². The van der Waals surface area contributed by atoms with Gasteiger partial charge in [0.05, 0.1) is 7.11 Å². The van der Waals surface area contributed by atoms with Crippen LogP contribution in [-0.4, -0.2) is 26.2 Å². The molecule has 1 aliphatic rings. The summed E-state index contributed by atoms with van der Waals surface area (Å²) in [7, 11) is 3.48. The number of hydrogen-bond acceptors (Lipinski definition) is 2. The molecule has 1 aliphatic carbocycles. The van der Waals surface area contributed by atoms with Gasteiger partial charge in [0.2, 0.25) is 0 Å². The summed E-state index contributed by atoms with van der Waals surface area (Å²) in [4.78, 5) is 4.22. The maximum atomic E-state index is 5.20. The van der Waals surface area contributed by atoms with Gasteiger partial charge in [0.25, 0.3) is 0 Å². The van der Waals surface area contributed by atoms with Gasteiger partial charge in [-0.05, 0) is 30.0 Å². The highest BCUT2D eigenvalue weighted by molar-refractivity contribution is 14.0. The number of ether oxygens (including phenoxy) is 1. The van der Waals surface area contributed by atoms with Crippen LogP contribution in [0.2, 0.25) is 0 Å². The van der Waals surface area contributed by atoms with Gasteiger partial charge in [-0.3, -0.25) is 4.99 Å². The van der Waals surface area contributed by atoms with Gasteiger partial charge in [0.1, 0.15) is 5.75 Å². The normalized spacial score (nSPS) is 21.3. The number of rotatable bonds is 4. The van der Waals surface area contributed by atoms with E-state index >= 15 is 0 Å². The quantitative estimate of drug-likeness (QED) is 0.483. The fourth-order valence-corrected chi connectivity index (χ4v) is 1.86. The Morgan fingerprint density at radius 1 is 1.47 bits per heavy atom. The van der Waals surface area contributed by atoms with Gasteiger partial charge in [0.15, 0.2) is 5.96 Å². The Morgan fingerprint density at radius 3 is 2.79 bits per heavy atom. The molecule has 0 radical (unpaired) electrons. The summed E-state index contributed by atoms with van der Waals surface area (Å²) in [6, 6.07) is 8.63. The lowest BCUT2D eigenvalue weighted by molar-refractivity contribution is 0.414. The average Bonchev–Trinajstić information content (AvgIpc) is 3.10. The number of benzene rings is 1. The molecule has 106 valence electrons. The van der Waals surface area contributed by atoms with Gasteiger partial charge in [-0.2, -0.15) is 0 Å². The van der Waals surface area contributed by atoms with Gasteiger partial charge < -0.3 is 15.4 Å². The van der Waals surface area contributed by atoms with Crippen molar-refractivity contribution < 1.29 is 4.74 Å². The Kier molecular flexibility index (Phi) is 6.41. The summed E-state index contributed by atoms with van der Waals surface area (Å²) in [5.41, 5.74) is 1.18. The fraction of sp³-hybridized carbons (Fsp3) is 0.500. The third kappa shape index (κ3) is 4.89. The summed E-state index contributed by atoms with van der Waals surface area (Å²) in [6.45, 7) is 2.99. The molecule has 0 spiro atoms. The van der Waals surface area contributed by atoms with Crippen molar-refractivity contribution in [3.8, 4) is 5.75 Å². The second kappa shape index (κ2) is 7.57. The van der Waals surface area contributed by atoms with Crippen molar-refractivity contribution in [2.45, 2.75) is 25.9 Å². The first-order valence-corrected chi connectivity index (χ1v) is 6.33. The van der Waals surface area contributed by atoms with Gasteiger partial charge in [-0.25, -0.2) is 0 Å². The summed E-state index contributed by atoms with van der Waals surface area (Å²) in [6.07, 6.45) is 1.24. The van der Waals surface area contributed by atoms with Crippen LogP contribution in [0.5, 0.6) is 5.75 Å².